The zero-order chi connectivity index (χ0) is 30.2. The van der Waals surface area contributed by atoms with E-state index in [1.54, 1.807) is 11.1 Å². The van der Waals surface area contributed by atoms with Crippen LogP contribution in [0.15, 0.2) is 59.8 Å². The summed E-state index contributed by atoms with van der Waals surface area (Å²) in [7, 11) is 0. The molecule has 2 aliphatic rings. The lowest BCUT2D eigenvalue weighted by molar-refractivity contribution is 0.345. The van der Waals surface area contributed by atoms with E-state index < -0.39 is 5.97 Å². The monoisotopic (exact) mass is 549 g/mol. The second-order valence-electron chi connectivity index (χ2n) is 10.9. The number of allylic oxidation sites excluding steroid dienone is 2. The van der Waals surface area contributed by atoms with E-state index in [4.69, 9.17) is 5.41 Å². The van der Waals surface area contributed by atoms with Gasteiger partial charge in [0.25, 0.3) is 0 Å². The lowest BCUT2D eigenvalue weighted by atomic mass is 9.83. The Bertz CT molecular complexity index is 1080. The second kappa shape index (κ2) is 18.6. The smallest absolute Gasteiger partial charge is 0.178 e. The first-order valence-electron chi connectivity index (χ1n) is 15.4. The Labute approximate surface area is 245 Å². The molecule has 1 aliphatic heterocycles. The number of fused-ring (bicyclic) bond motifs is 1. The molecule has 3 atom stereocenters. The largest absolute Gasteiger partial charge is 0.376 e. The van der Waals surface area contributed by atoms with Crippen molar-refractivity contribution < 1.29 is 4.39 Å². The van der Waals surface area contributed by atoms with Crippen LogP contribution in [0.25, 0.3) is 17.2 Å². The minimum atomic E-state index is -0.833. The van der Waals surface area contributed by atoms with Gasteiger partial charge >= 0.3 is 0 Å². The Hall–Kier alpha value is -2.72. The summed E-state index contributed by atoms with van der Waals surface area (Å²) in [5.41, 5.74) is 10.0. The molecular weight excluding hydrogens is 493 g/mol. The first-order valence-corrected chi connectivity index (χ1v) is 15.4. The van der Waals surface area contributed by atoms with Crippen LogP contribution in [-0.4, -0.2) is 18.2 Å². The van der Waals surface area contributed by atoms with Gasteiger partial charge in [-0.25, -0.2) is 0 Å². The molecule has 1 aliphatic carbocycles. The Balaban J connectivity index is 0.000000902. The summed E-state index contributed by atoms with van der Waals surface area (Å²) in [6.07, 6.45) is 11.0. The van der Waals surface area contributed by atoms with Gasteiger partial charge in [0.05, 0.1) is 6.17 Å². The number of benzene rings is 2. The van der Waals surface area contributed by atoms with Gasteiger partial charge in [-0.3, -0.25) is 10.7 Å². The molecule has 0 bridgehead atoms. The summed E-state index contributed by atoms with van der Waals surface area (Å²) in [6.45, 7) is 20.5. The second-order valence-corrected chi connectivity index (χ2v) is 10.9. The van der Waals surface area contributed by atoms with Crippen molar-refractivity contribution in [2.45, 2.75) is 114 Å². The van der Waals surface area contributed by atoms with Crippen molar-refractivity contribution in [3.63, 3.8) is 0 Å². The summed E-state index contributed by atoms with van der Waals surface area (Å²) in [5.74, 6) is 0.419. The molecule has 3 nitrogen and oxygen atoms in total. The predicted molar refractivity (Wildman–Crippen MR) is 176 cm³/mol. The van der Waals surface area contributed by atoms with Crippen LogP contribution < -0.4 is 10.6 Å². The molecule has 0 radical (unpaired) electrons. The van der Waals surface area contributed by atoms with Crippen LogP contribution in [0, 0.1) is 24.2 Å². The highest BCUT2D eigenvalue weighted by Crippen LogP contribution is 2.33. The van der Waals surface area contributed by atoms with Gasteiger partial charge in [0.15, 0.2) is 5.97 Å². The van der Waals surface area contributed by atoms with Gasteiger partial charge in [0.1, 0.15) is 0 Å². The van der Waals surface area contributed by atoms with Gasteiger partial charge in [0, 0.05) is 13.0 Å². The summed E-state index contributed by atoms with van der Waals surface area (Å²) in [6, 6.07) is 16.4. The van der Waals surface area contributed by atoms with Crippen LogP contribution >= 0.6 is 0 Å². The molecule has 3 unspecified atom stereocenters. The lowest BCUT2D eigenvalue weighted by Crippen LogP contribution is -2.46. The normalized spacial score (nSPS) is 17.1. The molecule has 0 saturated carbocycles. The van der Waals surface area contributed by atoms with Gasteiger partial charge in [-0.05, 0) is 86.2 Å². The Kier molecular flexibility index (Phi) is 16.4. The van der Waals surface area contributed by atoms with Crippen LogP contribution in [0.5, 0.6) is 0 Å². The van der Waals surface area contributed by atoms with Crippen LogP contribution in [0.3, 0.4) is 0 Å². The third-order valence-corrected chi connectivity index (χ3v) is 7.31. The number of halogens is 1. The Morgan fingerprint density at radius 1 is 0.925 bits per heavy atom. The van der Waals surface area contributed by atoms with E-state index in [1.807, 2.05) is 27.7 Å². The minimum Gasteiger partial charge on any atom is -0.376 e. The first kappa shape index (κ1) is 35.3. The van der Waals surface area contributed by atoms with E-state index in [0.29, 0.717) is 24.0 Å². The van der Waals surface area contributed by atoms with E-state index in [0.717, 1.165) is 13.3 Å². The lowest BCUT2D eigenvalue weighted by Gasteiger charge is -2.31. The predicted octanol–water partition coefficient (Wildman–Crippen LogP) is 10.3. The minimum absolute atomic E-state index is 0.404. The molecule has 0 fully saturated rings. The standard InChI is InChI=1S/C30H40N2.C2H4FN.2C2H6/c1-20(2)29-14-15-30(31-19-29)32-23(5)16-22(4)25-10-11-28-18-26(12-13-27(28)17-25)24-8-6-21(3)7-9-24;1-2(3)4;2*1-2/h6-9,12-13,17-20,22-23,30-32H,10-11,14-16H2,1-5H3;4H,1H3;2*1-2H3. The zero-order valence-electron chi connectivity index (χ0n) is 26.9. The van der Waals surface area contributed by atoms with Crippen molar-refractivity contribution in [2.24, 2.45) is 11.8 Å². The Morgan fingerprint density at radius 3 is 2.08 bits per heavy atom. The van der Waals surface area contributed by atoms with Crippen molar-refractivity contribution in [1.29, 1.82) is 5.41 Å². The molecule has 0 amide bonds. The highest BCUT2D eigenvalue weighted by Gasteiger charge is 2.21. The average molecular weight is 550 g/mol. The van der Waals surface area contributed by atoms with Gasteiger partial charge in [-0.15, -0.1) is 0 Å². The van der Waals surface area contributed by atoms with Gasteiger partial charge in [-0.1, -0.05) is 114 Å². The molecular formula is C36H56FN3. The van der Waals surface area contributed by atoms with E-state index >= 15 is 0 Å². The zero-order valence-corrected chi connectivity index (χ0v) is 26.9. The maximum absolute atomic E-state index is 10.6. The van der Waals surface area contributed by atoms with Crippen molar-refractivity contribution in [3.05, 3.63) is 76.5 Å². The SMILES string of the molecule is CC.CC.CC(=N)F.Cc1ccc(-c2ccc3c(c2)CCC(C(C)CC(C)NC2CCC(C(C)C)=CN2)=C3)cc1. The molecule has 2 aromatic carbocycles. The third-order valence-electron chi connectivity index (χ3n) is 7.31. The first-order chi connectivity index (χ1) is 19.1. The highest BCUT2D eigenvalue weighted by molar-refractivity contribution is 5.70. The van der Waals surface area contributed by atoms with Crippen molar-refractivity contribution >= 4 is 12.0 Å². The van der Waals surface area contributed by atoms with Crippen molar-refractivity contribution in [1.82, 2.24) is 10.6 Å². The fraction of sp³-hybridized carbons (Fsp3) is 0.528. The number of hydrogen-bond acceptors (Lipinski definition) is 3. The third kappa shape index (κ3) is 11.8. The van der Waals surface area contributed by atoms with Gasteiger partial charge in [0.2, 0.25) is 0 Å². The fourth-order valence-corrected chi connectivity index (χ4v) is 5.18. The maximum atomic E-state index is 10.6. The number of nitrogens with one attached hydrogen (secondary N) is 3. The summed E-state index contributed by atoms with van der Waals surface area (Å²) < 4.78 is 10.6. The summed E-state index contributed by atoms with van der Waals surface area (Å²) in [5, 5.41) is 13.2. The van der Waals surface area contributed by atoms with Gasteiger partial charge < -0.3 is 5.32 Å². The molecule has 4 rings (SSSR count). The molecule has 3 N–H and O–H groups in total. The molecule has 4 heteroatoms. The molecule has 1 heterocycles. The number of hydrogen-bond donors (Lipinski definition) is 3. The van der Waals surface area contributed by atoms with Crippen molar-refractivity contribution in [3.8, 4) is 11.1 Å². The van der Waals surface area contributed by atoms with E-state index in [9.17, 15) is 4.39 Å². The molecule has 0 saturated heterocycles. The quantitative estimate of drug-likeness (QED) is 0.301. The van der Waals surface area contributed by atoms with Crippen LogP contribution in [0.4, 0.5) is 4.39 Å². The average Bonchev–Trinajstić information content (AvgIpc) is 2.95. The molecule has 40 heavy (non-hydrogen) atoms. The molecule has 0 aromatic heterocycles. The van der Waals surface area contributed by atoms with Crippen molar-refractivity contribution in [2.75, 3.05) is 0 Å². The topological polar surface area (TPSA) is 47.9 Å². The number of rotatable bonds is 7. The number of aryl methyl sites for hydroxylation is 2. The molecule has 2 aromatic rings. The molecule has 0 spiro atoms. The summed E-state index contributed by atoms with van der Waals surface area (Å²) >= 11 is 0. The van der Waals surface area contributed by atoms with Crippen LogP contribution in [0.1, 0.15) is 105 Å². The highest BCUT2D eigenvalue weighted by atomic mass is 19.1. The van der Waals surface area contributed by atoms with E-state index in [1.165, 1.54) is 53.5 Å². The summed E-state index contributed by atoms with van der Waals surface area (Å²) in [4.78, 5) is 0. The van der Waals surface area contributed by atoms with Crippen LogP contribution in [-0.2, 0) is 6.42 Å². The van der Waals surface area contributed by atoms with E-state index in [2.05, 4.69) is 100.0 Å². The maximum Gasteiger partial charge on any atom is 0.178 e. The Morgan fingerprint density at radius 2 is 1.52 bits per heavy atom. The van der Waals surface area contributed by atoms with Gasteiger partial charge in [-0.2, -0.15) is 4.39 Å². The fourth-order valence-electron chi connectivity index (χ4n) is 5.18. The van der Waals surface area contributed by atoms with E-state index in [-0.39, 0.29) is 0 Å². The van der Waals surface area contributed by atoms with Crippen LogP contribution in [0.2, 0.25) is 0 Å². The molecule has 222 valence electrons.